The lowest BCUT2D eigenvalue weighted by molar-refractivity contribution is -0.132. The Bertz CT molecular complexity index is 485. The largest absolute Gasteiger partial charge is 0.478 e. The quantitative estimate of drug-likeness (QED) is 0.853. The van der Waals surface area contributed by atoms with Crippen LogP contribution in [-0.2, 0) is 4.79 Å². The fourth-order valence-electron chi connectivity index (χ4n) is 2.51. The maximum Gasteiger partial charge on any atom is 0.330 e. The Morgan fingerprint density at radius 3 is 2.70 bits per heavy atom. The van der Waals surface area contributed by atoms with Crippen LogP contribution in [-0.4, -0.2) is 54.1 Å². The SMILES string of the molecule is CC(=CCN1CCN(C)CC1c1ccccc1)C(=O)O. The van der Waals surface area contributed by atoms with Gasteiger partial charge in [0.15, 0.2) is 0 Å². The summed E-state index contributed by atoms with van der Waals surface area (Å²) in [6.07, 6.45) is 1.81. The van der Waals surface area contributed by atoms with Crippen LogP contribution in [0.15, 0.2) is 42.0 Å². The van der Waals surface area contributed by atoms with Crippen LogP contribution in [0.5, 0.6) is 0 Å². The van der Waals surface area contributed by atoms with E-state index in [1.54, 1.807) is 6.92 Å². The molecule has 4 nitrogen and oxygen atoms in total. The van der Waals surface area contributed by atoms with E-state index in [1.165, 1.54) is 5.56 Å². The number of hydrogen-bond donors (Lipinski definition) is 1. The molecule has 0 amide bonds. The third-order valence-electron chi connectivity index (χ3n) is 3.85. The standard InChI is InChI=1S/C16H22N2O2/c1-13(16(19)20)8-9-18-11-10-17(2)12-15(18)14-6-4-3-5-7-14/h3-8,15H,9-12H2,1-2H3,(H,19,20). The number of carboxylic acids is 1. The van der Waals surface area contributed by atoms with Gasteiger partial charge in [0.1, 0.15) is 0 Å². The molecule has 1 N–H and O–H groups in total. The minimum absolute atomic E-state index is 0.327. The Morgan fingerprint density at radius 2 is 2.05 bits per heavy atom. The predicted octanol–water partition coefficient (Wildman–Crippen LogP) is 2.01. The molecule has 0 aliphatic carbocycles. The maximum absolute atomic E-state index is 10.9. The molecule has 108 valence electrons. The molecule has 1 aliphatic rings. The van der Waals surface area contributed by atoms with E-state index in [9.17, 15) is 4.79 Å². The van der Waals surface area contributed by atoms with Crippen molar-refractivity contribution in [2.75, 3.05) is 33.2 Å². The van der Waals surface area contributed by atoms with Gasteiger partial charge < -0.3 is 10.0 Å². The fourth-order valence-corrected chi connectivity index (χ4v) is 2.51. The van der Waals surface area contributed by atoms with Gasteiger partial charge in [0, 0.05) is 37.8 Å². The zero-order valence-corrected chi connectivity index (χ0v) is 12.1. The van der Waals surface area contributed by atoms with Crippen molar-refractivity contribution >= 4 is 5.97 Å². The van der Waals surface area contributed by atoms with Crippen LogP contribution < -0.4 is 0 Å². The average molecular weight is 274 g/mol. The van der Waals surface area contributed by atoms with Crippen LogP contribution >= 0.6 is 0 Å². The molecule has 1 unspecified atom stereocenters. The molecule has 0 radical (unpaired) electrons. The zero-order valence-electron chi connectivity index (χ0n) is 12.1. The molecule has 0 bridgehead atoms. The van der Waals surface area contributed by atoms with Crippen LogP contribution in [0.2, 0.25) is 0 Å². The van der Waals surface area contributed by atoms with Gasteiger partial charge in [-0.15, -0.1) is 0 Å². The summed E-state index contributed by atoms with van der Waals surface area (Å²) in [5, 5.41) is 8.94. The normalized spacial score (nSPS) is 21.9. The molecule has 1 aromatic carbocycles. The van der Waals surface area contributed by atoms with Crippen LogP contribution in [0.3, 0.4) is 0 Å². The first-order valence-corrected chi connectivity index (χ1v) is 6.95. The molecule has 0 aromatic heterocycles. The van der Waals surface area contributed by atoms with Gasteiger partial charge in [0.2, 0.25) is 0 Å². The molecule has 1 fully saturated rings. The average Bonchev–Trinajstić information content (AvgIpc) is 2.46. The second-order valence-corrected chi connectivity index (χ2v) is 5.38. The van der Waals surface area contributed by atoms with Crippen LogP contribution in [0.25, 0.3) is 0 Å². The van der Waals surface area contributed by atoms with E-state index >= 15 is 0 Å². The van der Waals surface area contributed by atoms with E-state index in [-0.39, 0.29) is 0 Å². The maximum atomic E-state index is 10.9. The molecule has 0 spiro atoms. The number of carboxylic acid groups (broad SMARTS) is 1. The number of benzene rings is 1. The van der Waals surface area contributed by atoms with Crippen molar-refractivity contribution in [1.29, 1.82) is 0 Å². The van der Waals surface area contributed by atoms with E-state index in [2.05, 4.69) is 41.1 Å². The highest BCUT2D eigenvalue weighted by molar-refractivity contribution is 5.85. The summed E-state index contributed by atoms with van der Waals surface area (Å²) < 4.78 is 0. The Morgan fingerprint density at radius 1 is 1.35 bits per heavy atom. The molecular weight excluding hydrogens is 252 g/mol. The second-order valence-electron chi connectivity index (χ2n) is 5.38. The molecule has 0 saturated carbocycles. The number of nitrogens with zero attached hydrogens (tertiary/aromatic N) is 2. The first-order chi connectivity index (χ1) is 9.58. The van der Waals surface area contributed by atoms with Crippen molar-refractivity contribution in [3.8, 4) is 0 Å². The molecule has 1 heterocycles. The molecule has 1 saturated heterocycles. The van der Waals surface area contributed by atoms with Crippen molar-refractivity contribution in [2.24, 2.45) is 0 Å². The monoisotopic (exact) mass is 274 g/mol. The van der Waals surface area contributed by atoms with Gasteiger partial charge in [0.05, 0.1) is 0 Å². The number of hydrogen-bond acceptors (Lipinski definition) is 3. The minimum Gasteiger partial charge on any atom is -0.478 e. The predicted molar refractivity (Wildman–Crippen MR) is 79.6 cm³/mol. The number of aliphatic carboxylic acids is 1. The van der Waals surface area contributed by atoms with Gasteiger partial charge in [-0.1, -0.05) is 36.4 Å². The summed E-state index contributed by atoms with van der Waals surface area (Å²) in [5.74, 6) is -0.838. The summed E-state index contributed by atoms with van der Waals surface area (Å²) in [5.41, 5.74) is 1.70. The van der Waals surface area contributed by atoms with E-state index in [0.29, 0.717) is 18.2 Å². The second kappa shape index (κ2) is 6.68. The molecule has 1 atom stereocenters. The first kappa shape index (κ1) is 14.8. The third kappa shape index (κ3) is 3.68. The van der Waals surface area contributed by atoms with Crippen LogP contribution in [0, 0.1) is 0 Å². The number of piperazine rings is 1. The highest BCUT2D eigenvalue weighted by Gasteiger charge is 2.25. The molecule has 20 heavy (non-hydrogen) atoms. The van der Waals surface area contributed by atoms with Crippen molar-refractivity contribution in [3.63, 3.8) is 0 Å². The molecule has 1 aromatic rings. The number of likely N-dealkylation sites (N-methyl/N-ethyl adjacent to an activating group) is 1. The lowest BCUT2D eigenvalue weighted by Gasteiger charge is -2.40. The lowest BCUT2D eigenvalue weighted by atomic mass is 10.0. The highest BCUT2D eigenvalue weighted by atomic mass is 16.4. The zero-order chi connectivity index (χ0) is 14.5. The van der Waals surface area contributed by atoms with Crippen LogP contribution in [0.1, 0.15) is 18.5 Å². The molecule has 2 rings (SSSR count). The Hall–Kier alpha value is -1.65. The van der Waals surface area contributed by atoms with Gasteiger partial charge >= 0.3 is 5.97 Å². The van der Waals surface area contributed by atoms with Crippen molar-refractivity contribution in [1.82, 2.24) is 9.80 Å². The Balaban J connectivity index is 2.13. The van der Waals surface area contributed by atoms with Crippen molar-refractivity contribution in [3.05, 3.63) is 47.5 Å². The summed E-state index contributed by atoms with van der Waals surface area (Å²) in [4.78, 5) is 15.6. The summed E-state index contributed by atoms with van der Waals surface area (Å²) in [7, 11) is 2.13. The fraction of sp³-hybridized carbons (Fsp3) is 0.438. The van der Waals surface area contributed by atoms with Crippen LogP contribution in [0.4, 0.5) is 0 Å². The van der Waals surface area contributed by atoms with E-state index in [4.69, 9.17) is 5.11 Å². The number of rotatable bonds is 4. The van der Waals surface area contributed by atoms with E-state index in [1.807, 2.05) is 12.1 Å². The van der Waals surface area contributed by atoms with E-state index < -0.39 is 5.97 Å². The third-order valence-corrected chi connectivity index (χ3v) is 3.85. The van der Waals surface area contributed by atoms with Crippen molar-refractivity contribution in [2.45, 2.75) is 13.0 Å². The van der Waals surface area contributed by atoms with Gasteiger partial charge in [-0.3, -0.25) is 4.90 Å². The van der Waals surface area contributed by atoms with Gasteiger partial charge in [0.25, 0.3) is 0 Å². The van der Waals surface area contributed by atoms with E-state index in [0.717, 1.165) is 19.6 Å². The van der Waals surface area contributed by atoms with Gasteiger partial charge in [-0.2, -0.15) is 0 Å². The van der Waals surface area contributed by atoms with Gasteiger partial charge in [-0.25, -0.2) is 4.79 Å². The van der Waals surface area contributed by atoms with Gasteiger partial charge in [-0.05, 0) is 19.5 Å². The number of carbonyl (C=O) groups is 1. The summed E-state index contributed by atoms with van der Waals surface area (Å²) >= 11 is 0. The topological polar surface area (TPSA) is 43.8 Å². The first-order valence-electron chi connectivity index (χ1n) is 6.95. The highest BCUT2D eigenvalue weighted by Crippen LogP contribution is 2.24. The minimum atomic E-state index is -0.838. The molecule has 4 heteroatoms. The molecule has 1 aliphatic heterocycles. The summed E-state index contributed by atoms with van der Waals surface area (Å²) in [6.45, 7) is 5.29. The smallest absolute Gasteiger partial charge is 0.330 e. The Labute approximate surface area is 120 Å². The summed E-state index contributed by atoms with van der Waals surface area (Å²) in [6, 6.07) is 10.7. The Kier molecular flexibility index (Phi) is 4.93. The lowest BCUT2D eigenvalue weighted by Crippen LogP contribution is -2.46. The van der Waals surface area contributed by atoms with Crippen molar-refractivity contribution < 1.29 is 9.90 Å². The molecular formula is C16H22N2O2.